The van der Waals surface area contributed by atoms with E-state index in [2.05, 4.69) is 146 Å². The molecule has 13 heterocycles. The van der Waals surface area contributed by atoms with Crippen LogP contribution in [-0.4, -0.2) is 163 Å². The van der Waals surface area contributed by atoms with Crippen LogP contribution in [0.1, 0.15) is 11.4 Å². The predicted octanol–water partition coefficient (Wildman–Crippen LogP) is 13.2. The van der Waals surface area contributed by atoms with Gasteiger partial charge in [0.15, 0.2) is 0 Å². The van der Waals surface area contributed by atoms with Gasteiger partial charge in [-0.3, -0.25) is 19.9 Å². The van der Waals surface area contributed by atoms with E-state index in [9.17, 15) is 0 Å². The molecule has 9 aromatic heterocycles. The number of nitrogens with two attached hydrogens (primary N) is 1. The summed E-state index contributed by atoms with van der Waals surface area (Å²) in [5, 5.41) is 13.1. The molecule has 4 aliphatic rings. The molecule has 13 aromatic rings. The highest BCUT2D eigenvalue weighted by Crippen LogP contribution is 2.36. The van der Waals surface area contributed by atoms with Crippen molar-refractivity contribution in [2.24, 2.45) is 0 Å². The van der Waals surface area contributed by atoms with Crippen molar-refractivity contribution in [1.29, 1.82) is 0 Å². The van der Waals surface area contributed by atoms with Crippen LogP contribution in [0.3, 0.4) is 0 Å². The lowest BCUT2D eigenvalue weighted by molar-refractivity contribution is 0.122. The molecule has 20 nitrogen and oxygen atoms in total. The van der Waals surface area contributed by atoms with Crippen LogP contribution in [0, 0.1) is 0 Å². The summed E-state index contributed by atoms with van der Waals surface area (Å²) in [7, 11) is 0. The Hall–Kier alpha value is -10.6. The third-order valence-electron chi connectivity index (χ3n) is 17.8. The number of nitrogen functional groups attached to an aromatic ring is 1. The number of nitrogens with one attached hydrogen (secondary N) is 3. The number of anilines is 7. The summed E-state index contributed by atoms with van der Waals surface area (Å²) >= 11 is 6.38. The average molecular weight is 1340 g/mol. The average Bonchev–Trinajstić information content (AvgIpc) is 1.69. The molecule has 0 unspecified atom stereocenters. The first-order valence-corrected chi connectivity index (χ1v) is 34.3. The van der Waals surface area contributed by atoms with Gasteiger partial charge in [0, 0.05) is 182 Å². The molecular weight excluding hydrogens is 1260 g/mol. The summed E-state index contributed by atoms with van der Waals surface area (Å²) in [6.45, 7) is 14.5. The van der Waals surface area contributed by atoms with Crippen LogP contribution in [0.15, 0.2) is 207 Å². The zero-order valence-electron chi connectivity index (χ0n) is 55.2. The van der Waals surface area contributed by atoms with Gasteiger partial charge in [-0.05, 0) is 121 Å². The van der Waals surface area contributed by atoms with Crippen LogP contribution in [0.25, 0.3) is 77.0 Å². The van der Waals surface area contributed by atoms with Gasteiger partial charge in [-0.25, -0.2) is 19.9 Å². The predicted molar refractivity (Wildman–Crippen MR) is 400 cm³/mol. The van der Waals surface area contributed by atoms with Gasteiger partial charge in [-0.15, -0.1) is 0 Å². The summed E-state index contributed by atoms with van der Waals surface area (Å²) < 4.78 is 21.9. The van der Waals surface area contributed by atoms with Crippen LogP contribution < -0.4 is 36.0 Å². The van der Waals surface area contributed by atoms with Gasteiger partial charge in [0.25, 0.3) is 0 Å². The minimum atomic E-state index is 0.589. The minimum Gasteiger partial charge on any atom is -0.399 e. The molecular formula is C78H79ClN16O4. The van der Waals surface area contributed by atoms with E-state index in [1.807, 2.05) is 104 Å². The number of para-hydroxylation sites is 2. The first-order chi connectivity index (χ1) is 48.9. The van der Waals surface area contributed by atoms with Crippen LogP contribution >= 0.6 is 11.6 Å². The maximum absolute atomic E-state index is 6.38. The number of aromatic amines is 1. The highest BCUT2D eigenvalue weighted by molar-refractivity contribution is 6.33. The molecule has 4 saturated heterocycles. The Balaban J connectivity index is 0.000000113. The normalized spacial score (nSPS) is 14.8. The number of benzene rings is 4. The maximum Gasteiger partial charge on any atom is 0.138 e. The Morgan fingerprint density at radius 2 is 0.869 bits per heavy atom. The van der Waals surface area contributed by atoms with E-state index in [0.29, 0.717) is 23.9 Å². The smallest absolute Gasteiger partial charge is 0.138 e. The third kappa shape index (κ3) is 16.2. The van der Waals surface area contributed by atoms with Gasteiger partial charge in [0.2, 0.25) is 0 Å². The van der Waals surface area contributed by atoms with E-state index in [0.717, 1.165) is 236 Å². The molecule has 502 valence electrons. The molecule has 4 fully saturated rings. The summed E-state index contributed by atoms with van der Waals surface area (Å²) in [4.78, 5) is 50.4. The number of aromatic nitrogens is 9. The number of fused-ring (bicyclic) bond motifs is 5. The van der Waals surface area contributed by atoms with Crippen molar-refractivity contribution < 1.29 is 18.9 Å². The van der Waals surface area contributed by atoms with Crippen molar-refractivity contribution in [3.05, 3.63) is 223 Å². The zero-order valence-corrected chi connectivity index (χ0v) is 56.0. The van der Waals surface area contributed by atoms with Crippen molar-refractivity contribution in [3.8, 4) is 22.5 Å². The van der Waals surface area contributed by atoms with Gasteiger partial charge >= 0.3 is 0 Å². The fraction of sp³-hybridized carbons (Fsp3) is 0.256. The lowest BCUT2D eigenvalue weighted by Gasteiger charge is -2.29. The second kappa shape index (κ2) is 32.2. The maximum atomic E-state index is 6.38. The lowest BCUT2D eigenvalue weighted by atomic mass is 10.1. The van der Waals surface area contributed by atoms with Crippen molar-refractivity contribution in [2.45, 2.75) is 12.8 Å². The molecule has 0 amide bonds. The third-order valence-corrected chi connectivity index (χ3v) is 18.1. The molecule has 17 rings (SSSR count). The van der Waals surface area contributed by atoms with Gasteiger partial charge in [0.1, 0.15) is 23.3 Å². The Labute approximate surface area is 580 Å². The fourth-order valence-corrected chi connectivity index (χ4v) is 13.1. The number of morpholine rings is 4. The van der Waals surface area contributed by atoms with Gasteiger partial charge < -0.3 is 59.9 Å². The van der Waals surface area contributed by atoms with E-state index in [-0.39, 0.29) is 0 Å². The number of hydrogen-bond acceptors (Lipinski definition) is 19. The Kier molecular flexibility index (Phi) is 21.3. The van der Waals surface area contributed by atoms with Crippen LogP contribution in [0.5, 0.6) is 0 Å². The number of H-pyrrole nitrogens is 1. The summed E-state index contributed by atoms with van der Waals surface area (Å²) in [5.41, 5.74) is 19.6. The zero-order chi connectivity index (χ0) is 67.0. The standard InChI is InChI=1S/C20H18N4O.2C20H22N4O.C18H17ClN4O/c1-3-14(15-6-8-22-17(15)5-1)19-13-18-16(4-2-7-21-18)20(23-19)24-9-11-25-12-10-24;1-2-5-16(6-3-1)21-10-8-17-15-19-18(7-4-9-22-19)20(23-17)24-11-13-25-14-12-24;1-2-5-16(6-3-1)21-10-8-18-17-7-4-9-22-19(17)15-20(23-18)24-11-13-25-14-12-24;19-15-10-12(20)3-4-13(15)17-11-16-14(2-1-5-21-16)18(22-17)23-6-8-24-9-7-23/h1-8,13,22H,9-12H2;2*1-7,9,15,21H,8,10-14H2;1-5,10-11H,6-9,20H2. The van der Waals surface area contributed by atoms with E-state index in [4.69, 9.17) is 56.2 Å². The second-order valence-corrected chi connectivity index (χ2v) is 24.7. The molecule has 0 aliphatic carbocycles. The van der Waals surface area contributed by atoms with Crippen molar-refractivity contribution in [2.75, 3.05) is 154 Å². The highest BCUT2D eigenvalue weighted by atomic mass is 35.5. The van der Waals surface area contributed by atoms with E-state index >= 15 is 0 Å². The molecule has 21 heteroatoms. The number of ether oxygens (including phenoxy) is 4. The van der Waals surface area contributed by atoms with Gasteiger partial charge in [-0.1, -0.05) is 60.1 Å². The SMILES string of the molecule is Nc1ccc(-c2cc3ncccc3c(N3CCOCC3)n2)c(Cl)c1.c1cc(-c2cc3ncccc3c(N3CCOCC3)n2)c2cc[nH]c2c1.c1ccc(NCCc2cc3ncccc3c(N3CCOCC3)n2)cc1.c1ccc(NCCc2nc(N3CCOCC3)cc3ncccc23)cc1. The lowest BCUT2D eigenvalue weighted by Crippen LogP contribution is -2.37. The van der Waals surface area contributed by atoms with Crippen molar-refractivity contribution >= 4 is 106 Å². The number of hydrogen-bond donors (Lipinski definition) is 4. The van der Waals surface area contributed by atoms with Gasteiger partial charge in [0.05, 0.1) is 97.0 Å². The number of halogens is 1. The molecule has 0 atom stereocenters. The molecule has 0 saturated carbocycles. The quantitative estimate of drug-likeness (QED) is 0.0744. The Morgan fingerprint density at radius 3 is 1.39 bits per heavy atom. The first-order valence-electron chi connectivity index (χ1n) is 33.9. The van der Waals surface area contributed by atoms with E-state index in [1.54, 1.807) is 12.3 Å². The molecule has 4 aromatic carbocycles. The number of nitrogens with zero attached hydrogens (tertiary/aromatic N) is 12. The van der Waals surface area contributed by atoms with E-state index in [1.165, 1.54) is 5.39 Å². The van der Waals surface area contributed by atoms with Crippen molar-refractivity contribution in [3.63, 3.8) is 0 Å². The van der Waals surface area contributed by atoms with Crippen LogP contribution in [-0.2, 0) is 31.8 Å². The number of pyridine rings is 8. The molecule has 0 spiro atoms. The molecule has 5 N–H and O–H groups in total. The molecule has 99 heavy (non-hydrogen) atoms. The second-order valence-electron chi connectivity index (χ2n) is 24.3. The fourth-order valence-electron chi connectivity index (χ4n) is 12.8. The Bertz CT molecular complexity index is 4810. The molecule has 4 aliphatic heterocycles. The first kappa shape index (κ1) is 65.7. The topological polar surface area (TPSA) is 219 Å². The summed E-state index contributed by atoms with van der Waals surface area (Å²) in [6, 6.07) is 58.8. The van der Waals surface area contributed by atoms with Crippen LogP contribution in [0.2, 0.25) is 5.02 Å². The molecule has 0 radical (unpaired) electrons. The van der Waals surface area contributed by atoms with Gasteiger partial charge in [-0.2, -0.15) is 0 Å². The molecule has 0 bridgehead atoms. The Morgan fingerprint density at radius 1 is 0.404 bits per heavy atom. The largest absolute Gasteiger partial charge is 0.399 e. The number of rotatable bonds is 14. The summed E-state index contributed by atoms with van der Waals surface area (Å²) in [5.74, 6) is 3.95. The van der Waals surface area contributed by atoms with Crippen molar-refractivity contribution in [1.82, 2.24) is 44.9 Å². The van der Waals surface area contributed by atoms with Crippen LogP contribution in [0.4, 0.5) is 40.3 Å². The summed E-state index contributed by atoms with van der Waals surface area (Å²) in [6.07, 6.45) is 11.0. The minimum absolute atomic E-state index is 0.589. The highest BCUT2D eigenvalue weighted by Gasteiger charge is 2.22. The van der Waals surface area contributed by atoms with E-state index < -0.39 is 0 Å². The monoisotopic (exact) mass is 1340 g/mol.